The van der Waals surface area contributed by atoms with Gasteiger partial charge < -0.3 is 69.9 Å². The smallest absolute Gasteiger partial charge is 0.408 e. The van der Waals surface area contributed by atoms with Crippen LogP contribution in [0, 0.1) is 0 Å². The van der Waals surface area contributed by atoms with E-state index in [2.05, 4.69) is 71.7 Å². The van der Waals surface area contributed by atoms with E-state index in [1.54, 1.807) is 30.3 Å². The lowest BCUT2D eigenvalue weighted by molar-refractivity contribution is -0.143. The Kier molecular flexibility index (Phi) is 20.8. The molecule has 0 unspecified atom stereocenters. The van der Waals surface area contributed by atoms with Gasteiger partial charge in [0.25, 0.3) is 23.6 Å². The van der Waals surface area contributed by atoms with Crippen molar-refractivity contribution in [3.05, 3.63) is 89.9 Å². The first-order valence-corrected chi connectivity index (χ1v) is 22.9. The van der Waals surface area contributed by atoms with Crippen LogP contribution in [0.15, 0.2) is 96.7 Å². The molecule has 4 aromatic rings. The van der Waals surface area contributed by atoms with Crippen LogP contribution in [0.2, 0.25) is 0 Å². The van der Waals surface area contributed by atoms with Crippen LogP contribution in [-0.4, -0.2) is 152 Å². The predicted molar refractivity (Wildman–Crippen MR) is 243 cm³/mol. The van der Waals surface area contributed by atoms with Crippen molar-refractivity contribution in [1.29, 1.82) is 0 Å². The van der Waals surface area contributed by atoms with Crippen LogP contribution in [0.1, 0.15) is 39.5 Å². The number of amides is 3. The Morgan fingerprint density at radius 2 is 1.19 bits per heavy atom. The molecule has 0 radical (unpaired) electrons. The molecular formula is C42H54N12O14S. The molecule has 6 rings (SSSR count). The highest BCUT2D eigenvalue weighted by molar-refractivity contribution is 7.89. The number of alkyl carbamates (subject to hydrolysis) is 1. The summed E-state index contributed by atoms with van der Waals surface area (Å²) >= 11 is 0. The van der Waals surface area contributed by atoms with Crippen molar-refractivity contribution in [2.75, 3.05) is 79.8 Å². The predicted octanol–water partition coefficient (Wildman–Crippen LogP) is -0.568. The number of guanidine groups is 2. The van der Waals surface area contributed by atoms with Crippen LogP contribution >= 0.6 is 0 Å². The number of rotatable bonds is 24. The van der Waals surface area contributed by atoms with Gasteiger partial charge in [0.1, 0.15) is 18.7 Å². The minimum Gasteiger partial charge on any atom is -0.475 e. The van der Waals surface area contributed by atoms with Gasteiger partial charge in [-0.15, -0.1) is 0 Å². The molecule has 69 heavy (non-hydrogen) atoms. The average molecular weight is 983 g/mol. The largest absolute Gasteiger partial charge is 0.475 e. The normalized spacial score (nSPS) is 13.5. The number of aromatic nitrogens is 2. The number of carbonyl (C=O) groups is 5. The number of nitrogens with one attached hydrogen (secondary N) is 8. The molecule has 2 aliphatic heterocycles. The average Bonchev–Trinajstić information content (AvgIpc) is 4.24. The number of sulfonamides is 1. The molecule has 4 heterocycles. The number of hydrogen-bond donors (Lipinski definition) is 8. The first-order valence-electron chi connectivity index (χ1n) is 21.4. The highest BCUT2D eigenvalue weighted by atomic mass is 32.2. The quantitative estimate of drug-likeness (QED) is 0.0248. The lowest BCUT2D eigenvalue weighted by Crippen LogP contribution is -2.49. The Labute approximate surface area is 396 Å². The lowest BCUT2D eigenvalue weighted by Gasteiger charge is -2.17. The van der Waals surface area contributed by atoms with Crippen LogP contribution in [0.3, 0.4) is 0 Å². The Balaban J connectivity index is 0.000000258. The molecule has 2 aromatic carbocycles. The number of hydrogen-bond acceptors (Lipinski definition) is 22. The second-order valence-corrected chi connectivity index (χ2v) is 16.1. The van der Waals surface area contributed by atoms with E-state index in [-0.39, 0.29) is 47.9 Å². The first kappa shape index (κ1) is 52.0. The number of esters is 2. The molecular weight excluding hydrogens is 929 g/mol. The van der Waals surface area contributed by atoms with Gasteiger partial charge in [0.15, 0.2) is 11.9 Å². The van der Waals surface area contributed by atoms with E-state index in [4.69, 9.17) is 23.3 Å². The fourth-order valence-corrected chi connectivity index (χ4v) is 6.99. The number of benzene rings is 2. The van der Waals surface area contributed by atoms with Gasteiger partial charge in [0.05, 0.1) is 57.6 Å². The van der Waals surface area contributed by atoms with Crippen molar-refractivity contribution in [2.45, 2.75) is 36.4 Å². The number of nitrogens with zero attached hydrogens (tertiary/aromatic N) is 4. The zero-order chi connectivity index (χ0) is 49.3. The van der Waals surface area contributed by atoms with Crippen molar-refractivity contribution in [1.82, 2.24) is 52.3 Å². The van der Waals surface area contributed by atoms with E-state index in [0.717, 1.165) is 50.8 Å². The molecule has 2 atom stereocenters. The van der Waals surface area contributed by atoms with E-state index in [9.17, 15) is 32.4 Å². The molecule has 27 heteroatoms. The summed E-state index contributed by atoms with van der Waals surface area (Å²) in [4.78, 5) is 69.3. The van der Waals surface area contributed by atoms with Crippen molar-refractivity contribution in [3.8, 4) is 11.8 Å². The SMILES string of the molecule is COC(=O)[C@H](CNC(=O)c1cc(OCCCNC2=NCCN2)no1)NC(=O)OCc1ccccc1.COC(=O)[C@H](CNC(=O)c1cc(OCCCNC2=NCCN2)no1)NS(=O)(=O)c1ccccc1. The molecule has 0 saturated heterocycles. The summed E-state index contributed by atoms with van der Waals surface area (Å²) in [6.07, 6.45) is 0.512. The summed E-state index contributed by atoms with van der Waals surface area (Å²) in [7, 11) is -1.74. The molecule has 26 nitrogen and oxygen atoms in total. The molecule has 0 saturated carbocycles. The molecule has 8 N–H and O–H groups in total. The van der Waals surface area contributed by atoms with Crippen molar-refractivity contribution < 1.29 is 65.1 Å². The Bertz CT molecular complexity index is 2450. The lowest BCUT2D eigenvalue weighted by atomic mass is 10.2. The van der Waals surface area contributed by atoms with Gasteiger partial charge in [0, 0.05) is 39.3 Å². The van der Waals surface area contributed by atoms with Crippen LogP contribution in [0.4, 0.5) is 4.79 Å². The van der Waals surface area contributed by atoms with E-state index < -0.39 is 52.0 Å². The fourth-order valence-electron chi connectivity index (χ4n) is 5.79. The van der Waals surface area contributed by atoms with Gasteiger partial charge in [-0.25, -0.2) is 18.0 Å². The van der Waals surface area contributed by atoms with E-state index in [0.29, 0.717) is 39.1 Å². The second-order valence-electron chi connectivity index (χ2n) is 14.3. The van der Waals surface area contributed by atoms with Crippen LogP contribution in [0.5, 0.6) is 11.8 Å². The zero-order valence-corrected chi connectivity index (χ0v) is 38.5. The van der Waals surface area contributed by atoms with Gasteiger partial charge in [0.2, 0.25) is 21.5 Å². The van der Waals surface area contributed by atoms with Crippen LogP contribution < -0.4 is 51.4 Å². The summed E-state index contributed by atoms with van der Waals surface area (Å²) in [6.45, 7) is 4.54. The highest BCUT2D eigenvalue weighted by Crippen LogP contribution is 2.14. The molecule has 2 aromatic heterocycles. The third kappa shape index (κ3) is 18.0. The first-order chi connectivity index (χ1) is 33.4. The number of aliphatic imine (C=N–C) groups is 2. The fraction of sp³-hybridized carbons (Fsp3) is 0.405. The third-order valence-corrected chi connectivity index (χ3v) is 10.7. The second kappa shape index (κ2) is 27.6. The van der Waals surface area contributed by atoms with E-state index in [1.807, 2.05) is 18.2 Å². The van der Waals surface area contributed by atoms with Crippen molar-refractivity contribution in [2.24, 2.45) is 9.98 Å². The van der Waals surface area contributed by atoms with Gasteiger partial charge in [-0.3, -0.25) is 24.4 Å². The maximum absolute atomic E-state index is 12.5. The summed E-state index contributed by atoms with van der Waals surface area (Å²) in [5, 5.41) is 27.1. The highest BCUT2D eigenvalue weighted by Gasteiger charge is 2.28. The minimum absolute atomic E-state index is 0.0233. The van der Waals surface area contributed by atoms with Gasteiger partial charge in [-0.05, 0) is 40.9 Å². The third-order valence-electron chi connectivity index (χ3n) is 9.26. The van der Waals surface area contributed by atoms with Gasteiger partial charge in [-0.1, -0.05) is 48.5 Å². The van der Waals surface area contributed by atoms with Crippen LogP contribution in [-0.2, 0) is 40.4 Å². The Hall–Kier alpha value is -7.94. The molecule has 3 amide bonds. The molecule has 0 spiro atoms. The summed E-state index contributed by atoms with van der Waals surface area (Å²) in [6, 6.07) is 16.7. The molecule has 372 valence electrons. The van der Waals surface area contributed by atoms with Crippen LogP contribution in [0.25, 0.3) is 0 Å². The standard InChI is InChI=1S/C22H28N6O7.C20H26N6O7S/c1-32-20(30)16(27-22(31)34-14-15-6-3-2-4-7-15)13-26-19(29)17-12-18(28-35-17)33-11-5-8-23-21-24-9-10-25-21;1-31-19(28)15(26-34(29,30)14-6-3-2-4-7-14)13-24-18(27)16-12-17(25-33-16)32-11-5-8-21-20-22-9-10-23-20/h2-4,6-7,12,16H,5,8-11,13-14H2,1H3,(H,26,29)(H,27,31)(H2,23,24,25);2-4,6-7,12,15,26H,5,8-11,13H2,1H3,(H,24,27)(H2,21,22,23)/t16-;15-/m00/s1. The Morgan fingerprint density at radius 1 is 0.696 bits per heavy atom. The topological polar surface area (TPSA) is 339 Å². The van der Waals surface area contributed by atoms with E-state index >= 15 is 0 Å². The van der Waals surface area contributed by atoms with E-state index in [1.165, 1.54) is 31.4 Å². The maximum atomic E-state index is 12.5. The van der Waals surface area contributed by atoms with Crippen molar-refractivity contribution >= 4 is 51.8 Å². The summed E-state index contributed by atoms with van der Waals surface area (Å²) < 4.78 is 62.5. The molecule has 0 fully saturated rings. The minimum atomic E-state index is -4.02. The number of methoxy groups -OCH3 is 2. The zero-order valence-electron chi connectivity index (χ0n) is 37.7. The molecule has 2 aliphatic rings. The maximum Gasteiger partial charge on any atom is 0.408 e. The van der Waals surface area contributed by atoms with Gasteiger partial charge >= 0.3 is 18.0 Å². The number of carbonyl (C=O) groups excluding carboxylic acids is 5. The monoisotopic (exact) mass is 982 g/mol. The summed E-state index contributed by atoms with van der Waals surface area (Å²) in [5.41, 5.74) is 0.783. The number of ether oxygens (including phenoxy) is 5. The Morgan fingerprint density at radius 3 is 1.68 bits per heavy atom. The molecule has 0 bridgehead atoms. The molecule has 0 aliphatic carbocycles. The van der Waals surface area contributed by atoms with Crippen molar-refractivity contribution in [3.63, 3.8) is 0 Å². The van der Waals surface area contributed by atoms with Gasteiger partial charge in [-0.2, -0.15) is 4.72 Å². The summed E-state index contributed by atoms with van der Waals surface area (Å²) in [5.74, 6) is -1.44.